The number of thiophene rings is 1. The van der Waals surface area contributed by atoms with E-state index in [-0.39, 0.29) is 0 Å². The first-order chi connectivity index (χ1) is 10.7. The monoisotopic (exact) mass is 320 g/mol. The highest BCUT2D eigenvalue weighted by Gasteiger charge is 2.21. The molecule has 0 aliphatic carbocycles. The van der Waals surface area contributed by atoms with Gasteiger partial charge in [0, 0.05) is 19.5 Å². The molecule has 3 rings (SSSR count). The van der Waals surface area contributed by atoms with E-state index in [4.69, 9.17) is 4.52 Å². The molecule has 1 aliphatic heterocycles. The Morgan fingerprint density at radius 2 is 2.32 bits per heavy atom. The molecule has 1 aliphatic rings. The number of hydrogen-bond donors (Lipinski definition) is 0. The van der Waals surface area contributed by atoms with Crippen LogP contribution in [0.5, 0.6) is 0 Å². The molecule has 1 saturated heterocycles. The van der Waals surface area contributed by atoms with Gasteiger partial charge in [-0.25, -0.2) is 0 Å². The van der Waals surface area contributed by atoms with Gasteiger partial charge in [-0.3, -0.25) is 9.80 Å². The summed E-state index contributed by atoms with van der Waals surface area (Å²) in [7, 11) is 2.17. The van der Waals surface area contributed by atoms with Crippen molar-refractivity contribution in [1.29, 1.82) is 0 Å². The number of nitrogens with zero attached hydrogens (tertiary/aromatic N) is 4. The van der Waals surface area contributed by atoms with E-state index < -0.39 is 0 Å². The second kappa shape index (κ2) is 7.35. The molecule has 0 amide bonds. The Labute approximate surface area is 135 Å². The molecular weight excluding hydrogens is 296 g/mol. The van der Waals surface area contributed by atoms with E-state index >= 15 is 0 Å². The summed E-state index contributed by atoms with van der Waals surface area (Å²) in [6.07, 6.45) is 3.70. The second-order valence-electron chi connectivity index (χ2n) is 6.14. The zero-order valence-electron chi connectivity index (χ0n) is 13.4. The molecule has 6 heteroatoms. The van der Waals surface area contributed by atoms with E-state index in [1.165, 1.54) is 31.4 Å². The molecule has 120 valence electrons. The zero-order valence-corrected chi connectivity index (χ0v) is 14.2. The maximum atomic E-state index is 5.06. The van der Waals surface area contributed by atoms with E-state index in [2.05, 4.69) is 43.8 Å². The summed E-state index contributed by atoms with van der Waals surface area (Å²) in [4.78, 5) is 9.26. The summed E-state index contributed by atoms with van der Waals surface area (Å²) in [6, 6.07) is 2.84. The van der Waals surface area contributed by atoms with Gasteiger partial charge in [0.2, 0.25) is 5.89 Å². The zero-order chi connectivity index (χ0) is 15.4. The molecule has 3 heterocycles. The number of aryl methyl sites for hydroxylation is 1. The molecule has 0 bridgehead atoms. The maximum absolute atomic E-state index is 5.06. The van der Waals surface area contributed by atoms with Gasteiger partial charge in [0.25, 0.3) is 0 Å². The SMILES string of the molecule is Cc1nc(CN(C)[C@@H]2CCCN(Cc3ccsc3)CC2)no1. The third-order valence-corrected chi connectivity index (χ3v) is 5.09. The topological polar surface area (TPSA) is 45.4 Å². The summed E-state index contributed by atoms with van der Waals surface area (Å²) >= 11 is 1.78. The third kappa shape index (κ3) is 4.15. The Morgan fingerprint density at radius 1 is 1.41 bits per heavy atom. The first-order valence-electron chi connectivity index (χ1n) is 7.93. The number of hydrogen-bond acceptors (Lipinski definition) is 6. The normalized spacial score (nSPS) is 20.4. The van der Waals surface area contributed by atoms with Crippen LogP contribution in [0, 0.1) is 6.92 Å². The highest BCUT2D eigenvalue weighted by molar-refractivity contribution is 7.07. The summed E-state index contributed by atoms with van der Waals surface area (Å²) in [5.74, 6) is 1.44. The summed E-state index contributed by atoms with van der Waals surface area (Å²) < 4.78 is 5.06. The Balaban J connectivity index is 1.51. The van der Waals surface area contributed by atoms with Crippen molar-refractivity contribution in [2.24, 2.45) is 0 Å². The minimum atomic E-state index is 0.603. The van der Waals surface area contributed by atoms with Gasteiger partial charge in [-0.05, 0) is 61.8 Å². The van der Waals surface area contributed by atoms with Crippen LogP contribution in [0.25, 0.3) is 0 Å². The minimum absolute atomic E-state index is 0.603. The van der Waals surface area contributed by atoms with Crippen LogP contribution in [0.4, 0.5) is 0 Å². The predicted octanol–water partition coefficient (Wildman–Crippen LogP) is 2.93. The van der Waals surface area contributed by atoms with Crippen molar-refractivity contribution >= 4 is 11.3 Å². The molecule has 0 radical (unpaired) electrons. The lowest BCUT2D eigenvalue weighted by atomic mass is 10.1. The largest absolute Gasteiger partial charge is 0.340 e. The van der Waals surface area contributed by atoms with Crippen molar-refractivity contribution in [2.75, 3.05) is 20.1 Å². The Morgan fingerprint density at radius 3 is 3.05 bits per heavy atom. The maximum Gasteiger partial charge on any atom is 0.223 e. The van der Waals surface area contributed by atoms with E-state index in [0.717, 1.165) is 25.5 Å². The van der Waals surface area contributed by atoms with E-state index in [9.17, 15) is 0 Å². The predicted molar refractivity (Wildman–Crippen MR) is 87.7 cm³/mol. The third-order valence-electron chi connectivity index (χ3n) is 4.36. The highest BCUT2D eigenvalue weighted by atomic mass is 32.1. The quantitative estimate of drug-likeness (QED) is 0.847. The Bertz CT molecular complexity index is 568. The molecule has 22 heavy (non-hydrogen) atoms. The van der Waals surface area contributed by atoms with Crippen LogP contribution in [0.3, 0.4) is 0 Å². The van der Waals surface area contributed by atoms with Crippen LogP contribution in [0.2, 0.25) is 0 Å². The molecule has 2 aromatic heterocycles. The van der Waals surface area contributed by atoms with Crippen molar-refractivity contribution in [3.8, 4) is 0 Å². The molecule has 5 nitrogen and oxygen atoms in total. The molecule has 1 fully saturated rings. The molecule has 0 spiro atoms. The first kappa shape index (κ1) is 15.6. The molecule has 0 saturated carbocycles. The lowest BCUT2D eigenvalue weighted by molar-refractivity contribution is 0.200. The number of rotatable bonds is 5. The van der Waals surface area contributed by atoms with Gasteiger partial charge in [0.15, 0.2) is 5.82 Å². The van der Waals surface area contributed by atoms with E-state index in [1.54, 1.807) is 11.3 Å². The van der Waals surface area contributed by atoms with Gasteiger partial charge in [0.1, 0.15) is 0 Å². The number of aromatic nitrogens is 2. The van der Waals surface area contributed by atoms with Crippen molar-refractivity contribution in [3.63, 3.8) is 0 Å². The van der Waals surface area contributed by atoms with Crippen LogP contribution in [0.1, 0.15) is 36.5 Å². The van der Waals surface area contributed by atoms with Crippen LogP contribution in [0.15, 0.2) is 21.3 Å². The molecule has 0 N–H and O–H groups in total. The minimum Gasteiger partial charge on any atom is -0.340 e. The van der Waals surface area contributed by atoms with Gasteiger partial charge >= 0.3 is 0 Å². The van der Waals surface area contributed by atoms with Crippen molar-refractivity contribution in [3.05, 3.63) is 34.1 Å². The average Bonchev–Trinajstić information content (AvgIpc) is 3.07. The van der Waals surface area contributed by atoms with Crippen LogP contribution in [-0.4, -0.2) is 46.1 Å². The molecule has 1 atom stereocenters. The standard InChI is InChI=1S/C16H24N4OS/c1-13-17-16(18-21-13)11-19(2)15-4-3-7-20(8-5-15)10-14-6-9-22-12-14/h6,9,12,15H,3-5,7-8,10-11H2,1-2H3/t15-/m1/s1. The van der Waals surface area contributed by atoms with Crippen LogP contribution in [-0.2, 0) is 13.1 Å². The fourth-order valence-corrected chi connectivity index (χ4v) is 3.80. The fourth-order valence-electron chi connectivity index (χ4n) is 3.14. The van der Waals surface area contributed by atoms with Crippen molar-refractivity contribution in [2.45, 2.75) is 45.3 Å². The smallest absolute Gasteiger partial charge is 0.223 e. The Hall–Kier alpha value is -1.24. The molecular formula is C16H24N4OS. The summed E-state index contributed by atoms with van der Waals surface area (Å²) in [6.45, 7) is 6.05. The second-order valence-corrected chi connectivity index (χ2v) is 6.92. The molecule has 0 aromatic carbocycles. The summed E-state index contributed by atoms with van der Waals surface area (Å²) in [5, 5.41) is 8.42. The molecule has 2 aromatic rings. The van der Waals surface area contributed by atoms with Gasteiger partial charge < -0.3 is 4.52 Å². The van der Waals surface area contributed by atoms with Crippen LogP contribution >= 0.6 is 11.3 Å². The summed E-state index contributed by atoms with van der Waals surface area (Å²) in [5.41, 5.74) is 1.44. The van der Waals surface area contributed by atoms with Gasteiger partial charge in [-0.1, -0.05) is 5.16 Å². The van der Waals surface area contributed by atoms with Crippen LogP contribution < -0.4 is 0 Å². The van der Waals surface area contributed by atoms with E-state index in [0.29, 0.717) is 11.9 Å². The fraction of sp³-hybridized carbons (Fsp3) is 0.625. The van der Waals surface area contributed by atoms with Gasteiger partial charge in [-0.2, -0.15) is 16.3 Å². The molecule has 0 unspecified atom stereocenters. The average molecular weight is 320 g/mol. The van der Waals surface area contributed by atoms with Gasteiger partial charge in [-0.15, -0.1) is 0 Å². The lowest BCUT2D eigenvalue weighted by Gasteiger charge is -2.26. The highest BCUT2D eigenvalue weighted by Crippen LogP contribution is 2.19. The van der Waals surface area contributed by atoms with E-state index in [1.807, 2.05) is 6.92 Å². The first-order valence-corrected chi connectivity index (χ1v) is 8.88. The van der Waals surface area contributed by atoms with Crippen molar-refractivity contribution < 1.29 is 4.52 Å². The van der Waals surface area contributed by atoms with Crippen molar-refractivity contribution in [1.82, 2.24) is 19.9 Å². The number of likely N-dealkylation sites (tertiary alicyclic amines) is 1. The van der Waals surface area contributed by atoms with Gasteiger partial charge in [0.05, 0.1) is 6.54 Å². The lowest BCUT2D eigenvalue weighted by Crippen LogP contribution is -2.33. The Kier molecular flexibility index (Phi) is 5.23.